The molecule has 2 aromatic rings. The second-order valence-corrected chi connectivity index (χ2v) is 9.79. The van der Waals surface area contributed by atoms with Crippen LogP contribution in [0.25, 0.3) is 11.1 Å². The van der Waals surface area contributed by atoms with Gasteiger partial charge in [-0.05, 0) is 47.4 Å². The quantitative estimate of drug-likeness (QED) is 0.514. The van der Waals surface area contributed by atoms with E-state index in [0.717, 1.165) is 18.8 Å². The number of hydrogen-bond acceptors (Lipinski definition) is 3. The molecule has 2 aromatic carbocycles. The number of fused-ring (bicyclic) bond motifs is 5. The van der Waals surface area contributed by atoms with E-state index in [2.05, 4.69) is 68.5 Å². The Hall–Kier alpha value is -2.59. The van der Waals surface area contributed by atoms with Gasteiger partial charge in [-0.1, -0.05) is 80.4 Å². The molecule has 2 aliphatic heterocycles. The molecule has 0 aromatic heterocycles. The third-order valence-electron chi connectivity index (χ3n) is 7.10. The molecule has 4 heteroatoms. The molecule has 3 aliphatic rings. The molecule has 4 nitrogen and oxygen atoms in total. The highest BCUT2D eigenvalue weighted by Crippen LogP contribution is 2.44. The highest BCUT2D eigenvalue weighted by molar-refractivity contribution is 5.79. The summed E-state index contributed by atoms with van der Waals surface area (Å²) in [5, 5.41) is 0. The molecule has 5 rings (SSSR count). The van der Waals surface area contributed by atoms with Crippen molar-refractivity contribution in [2.75, 3.05) is 19.8 Å². The monoisotopic (exact) mass is 431 g/mol. The summed E-state index contributed by atoms with van der Waals surface area (Å²) in [6, 6.07) is 17.0. The molecule has 2 bridgehead atoms. The van der Waals surface area contributed by atoms with Crippen LogP contribution in [0.15, 0.2) is 60.2 Å². The van der Waals surface area contributed by atoms with Crippen molar-refractivity contribution in [3.8, 4) is 11.1 Å². The Morgan fingerprint density at radius 2 is 1.75 bits per heavy atom. The third kappa shape index (κ3) is 4.09. The number of carbonyl (C=O) groups is 1. The lowest BCUT2D eigenvalue weighted by atomic mass is 9.90. The van der Waals surface area contributed by atoms with Crippen molar-refractivity contribution >= 4 is 6.09 Å². The summed E-state index contributed by atoms with van der Waals surface area (Å²) in [4.78, 5) is 15.2. The lowest BCUT2D eigenvalue weighted by Crippen LogP contribution is -2.56. The molecule has 2 unspecified atom stereocenters. The van der Waals surface area contributed by atoms with E-state index >= 15 is 0 Å². The molecule has 32 heavy (non-hydrogen) atoms. The molecule has 1 fully saturated rings. The summed E-state index contributed by atoms with van der Waals surface area (Å²) in [5.74, 6) is 0.828. The fourth-order valence-corrected chi connectivity index (χ4v) is 5.56. The Morgan fingerprint density at radius 3 is 2.41 bits per heavy atom. The van der Waals surface area contributed by atoms with E-state index in [1.165, 1.54) is 40.7 Å². The van der Waals surface area contributed by atoms with Crippen molar-refractivity contribution in [1.29, 1.82) is 0 Å². The van der Waals surface area contributed by atoms with E-state index < -0.39 is 0 Å². The Kier molecular flexibility index (Phi) is 6.05. The zero-order valence-corrected chi connectivity index (χ0v) is 19.1. The average molecular weight is 432 g/mol. The maximum atomic E-state index is 13.2. The first-order chi connectivity index (χ1) is 15.6. The first-order valence-electron chi connectivity index (χ1n) is 12.0. The number of amides is 1. The van der Waals surface area contributed by atoms with E-state index in [4.69, 9.17) is 9.47 Å². The van der Waals surface area contributed by atoms with Crippen molar-refractivity contribution < 1.29 is 14.3 Å². The summed E-state index contributed by atoms with van der Waals surface area (Å²) in [6.07, 6.45) is 6.55. The molecular weight excluding hydrogens is 398 g/mol. The average Bonchev–Trinajstić information content (AvgIpc) is 3.10. The lowest BCUT2D eigenvalue weighted by molar-refractivity contribution is -0.0365. The van der Waals surface area contributed by atoms with Crippen molar-refractivity contribution in [1.82, 2.24) is 4.90 Å². The minimum absolute atomic E-state index is 0.00722. The molecule has 1 aliphatic carbocycles. The second kappa shape index (κ2) is 9.11. The summed E-state index contributed by atoms with van der Waals surface area (Å²) >= 11 is 0. The Bertz CT molecular complexity index is 966. The van der Waals surface area contributed by atoms with Gasteiger partial charge in [-0.3, -0.25) is 4.90 Å². The first kappa shape index (κ1) is 21.3. The summed E-state index contributed by atoms with van der Waals surface area (Å²) < 4.78 is 11.8. The molecule has 0 saturated carbocycles. The van der Waals surface area contributed by atoms with Crippen LogP contribution in [0, 0.1) is 5.92 Å². The van der Waals surface area contributed by atoms with Gasteiger partial charge in [0.2, 0.25) is 0 Å². The fourth-order valence-electron chi connectivity index (χ4n) is 5.56. The predicted octanol–water partition coefficient (Wildman–Crippen LogP) is 6.16. The molecule has 2 heterocycles. The van der Waals surface area contributed by atoms with E-state index in [9.17, 15) is 4.79 Å². The molecule has 0 spiro atoms. The van der Waals surface area contributed by atoms with Crippen LogP contribution in [0.4, 0.5) is 4.79 Å². The van der Waals surface area contributed by atoms with Gasteiger partial charge < -0.3 is 9.47 Å². The first-order valence-corrected chi connectivity index (χ1v) is 12.0. The molecule has 0 radical (unpaired) electrons. The smallest absolute Gasteiger partial charge is 0.410 e. The van der Waals surface area contributed by atoms with Crippen LogP contribution < -0.4 is 0 Å². The van der Waals surface area contributed by atoms with Gasteiger partial charge in [0.25, 0.3) is 0 Å². The Labute approximate surface area is 191 Å². The highest BCUT2D eigenvalue weighted by atomic mass is 16.6. The van der Waals surface area contributed by atoms with Gasteiger partial charge in [0.05, 0.1) is 25.3 Å². The van der Waals surface area contributed by atoms with Crippen molar-refractivity contribution in [2.45, 2.75) is 57.5 Å². The van der Waals surface area contributed by atoms with Crippen LogP contribution in [0.5, 0.6) is 0 Å². The van der Waals surface area contributed by atoms with Crippen LogP contribution in [-0.4, -0.2) is 42.9 Å². The molecule has 2 atom stereocenters. The molecule has 168 valence electrons. The number of nitrogens with zero attached hydrogens (tertiary/aromatic N) is 1. The van der Waals surface area contributed by atoms with Crippen LogP contribution in [-0.2, 0) is 9.47 Å². The number of carbonyl (C=O) groups excluding carboxylic acids is 1. The van der Waals surface area contributed by atoms with Gasteiger partial charge in [0.1, 0.15) is 6.61 Å². The zero-order chi connectivity index (χ0) is 22.1. The minimum Gasteiger partial charge on any atom is -0.448 e. The second-order valence-electron chi connectivity index (χ2n) is 9.79. The largest absolute Gasteiger partial charge is 0.448 e. The van der Waals surface area contributed by atoms with Gasteiger partial charge in [-0.25, -0.2) is 4.79 Å². The maximum Gasteiger partial charge on any atom is 0.410 e. The SMILES string of the molecule is CC(C)CCCC1=CC2COCC(C1)N2C(=O)OCC1c2ccccc2-c2ccccc21. The van der Waals surface area contributed by atoms with Crippen LogP contribution >= 0.6 is 0 Å². The van der Waals surface area contributed by atoms with E-state index in [0.29, 0.717) is 19.8 Å². The Balaban J connectivity index is 1.27. The van der Waals surface area contributed by atoms with Gasteiger partial charge >= 0.3 is 6.09 Å². The molecule has 0 N–H and O–H groups in total. The standard InChI is InChI=1S/C28H33NO3/c1-19(2)8-7-9-20-14-21-16-31-17-22(15-20)29(21)28(30)32-18-27-25-12-5-3-10-23(25)24-11-4-6-13-26(24)27/h3-6,10-14,19,21-22,27H,7-9,15-18H2,1-2H3. The van der Waals surface area contributed by atoms with E-state index in [1.807, 2.05) is 4.90 Å². The highest BCUT2D eigenvalue weighted by Gasteiger charge is 2.39. The third-order valence-corrected chi connectivity index (χ3v) is 7.10. The lowest BCUT2D eigenvalue weighted by Gasteiger charge is -2.44. The van der Waals surface area contributed by atoms with Crippen molar-refractivity contribution in [3.05, 3.63) is 71.3 Å². The van der Waals surface area contributed by atoms with E-state index in [-0.39, 0.29) is 24.1 Å². The number of benzene rings is 2. The number of rotatable bonds is 6. The number of ether oxygens (including phenoxy) is 2. The van der Waals surface area contributed by atoms with Gasteiger partial charge in [-0.15, -0.1) is 0 Å². The topological polar surface area (TPSA) is 38.8 Å². The normalized spacial score (nSPS) is 21.8. The fraction of sp³-hybridized carbons (Fsp3) is 0.464. The van der Waals surface area contributed by atoms with Gasteiger partial charge in [-0.2, -0.15) is 0 Å². The van der Waals surface area contributed by atoms with E-state index in [1.54, 1.807) is 0 Å². The van der Waals surface area contributed by atoms with Crippen molar-refractivity contribution in [3.63, 3.8) is 0 Å². The molecule has 1 amide bonds. The zero-order valence-electron chi connectivity index (χ0n) is 19.1. The number of hydrogen-bond donors (Lipinski definition) is 0. The van der Waals surface area contributed by atoms with Crippen molar-refractivity contribution in [2.24, 2.45) is 5.92 Å². The minimum atomic E-state index is -0.206. The maximum absolute atomic E-state index is 13.2. The predicted molar refractivity (Wildman–Crippen MR) is 127 cm³/mol. The van der Waals surface area contributed by atoms with Crippen LogP contribution in [0.2, 0.25) is 0 Å². The number of morpholine rings is 1. The Morgan fingerprint density at radius 1 is 1.06 bits per heavy atom. The van der Waals surface area contributed by atoms with Gasteiger partial charge in [0, 0.05) is 5.92 Å². The molecular formula is C28H33NO3. The molecule has 1 saturated heterocycles. The van der Waals surface area contributed by atoms with Gasteiger partial charge in [0.15, 0.2) is 0 Å². The summed E-state index contributed by atoms with van der Waals surface area (Å²) in [6.45, 7) is 6.08. The summed E-state index contributed by atoms with van der Waals surface area (Å²) in [5.41, 5.74) is 6.47. The summed E-state index contributed by atoms with van der Waals surface area (Å²) in [7, 11) is 0. The van der Waals surface area contributed by atoms with Crippen LogP contribution in [0.1, 0.15) is 56.6 Å². The van der Waals surface area contributed by atoms with Crippen LogP contribution in [0.3, 0.4) is 0 Å².